The van der Waals surface area contributed by atoms with E-state index in [0.29, 0.717) is 6.54 Å². The van der Waals surface area contributed by atoms with Gasteiger partial charge in [0.15, 0.2) is 0 Å². The van der Waals surface area contributed by atoms with Gasteiger partial charge in [-0.15, -0.1) is 0 Å². The van der Waals surface area contributed by atoms with Crippen LogP contribution in [0.5, 0.6) is 0 Å². The van der Waals surface area contributed by atoms with Crippen molar-refractivity contribution in [3.8, 4) is 0 Å². The lowest BCUT2D eigenvalue weighted by molar-refractivity contribution is -0.132. The minimum Gasteiger partial charge on any atom is -0.341 e. The number of nitrogens with one attached hydrogen (secondary N) is 1. The molecular formula is C8H15BrN2O3S. The molecular weight excluding hydrogens is 284 g/mol. The maximum absolute atomic E-state index is 11.6. The third-order valence-corrected chi connectivity index (χ3v) is 4.60. The molecule has 0 aromatic heterocycles. The van der Waals surface area contributed by atoms with Crippen LogP contribution in [0.4, 0.5) is 0 Å². The second-order valence-electron chi connectivity index (χ2n) is 3.46. The van der Waals surface area contributed by atoms with Crippen LogP contribution >= 0.6 is 15.9 Å². The van der Waals surface area contributed by atoms with E-state index in [1.807, 2.05) is 0 Å². The Hall–Kier alpha value is -0.140. The van der Waals surface area contributed by atoms with Crippen LogP contribution in [0.15, 0.2) is 0 Å². The summed E-state index contributed by atoms with van der Waals surface area (Å²) < 4.78 is 24.6. The standard InChI is InChI=1S/C8H15BrN2O3S/c1-10-15(13,14)6-5-11-4-2-3-7(9)8(11)12/h7,10H,2-6H2,1H3. The van der Waals surface area contributed by atoms with Crippen LogP contribution in [0.1, 0.15) is 12.8 Å². The summed E-state index contributed by atoms with van der Waals surface area (Å²) in [4.78, 5) is 13.0. The number of halogens is 1. The molecule has 15 heavy (non-hydrogen) atoms. The second-order valence-corrected chi connectivity index (χ2v) is 6.61. The number of likely N-dealkylation sites (tertiary alicyclic amines) is 1. The zero-order chi connectivity index (χ0) is 11.5. The molecule has 0 saturated carbocycles. The SMILES string of the molecule is CNS(=O)(=O)CCN1CCCC(Br)C1=O. The monoisotopic (exact) mass is 298 g/mol. The van der Waals surface area contributed by atoms with Crippen LogP contribution < -0.4 is 4.72 Å². The predicted molar refractivity (Wildman–Crippen MR) is 61.4 cm³/mol. The first-order valence-electron chi connectivity index (χ1n) is 4.80. The lowest BCUT2D eigenvalue weighted by Gasteiger charge is -2.29. The lowest BCUT2D eigenvalue weighted by Crippen LogP contribution is -2.44. The number of amides is 1. The highest BCUT2D eigenvalue weighted by Gasteiger charge is 2.26. The summed E-state index contributed by atoms with van der Waals surface area (Å²) in [5, 5.41) is 0. The quantitative estimate of drug-likeness (QED) is 0.739. The van der Waals surface area contributed by atoms with Gasteiger partial charge >= 0.3 is 0 Å². The van der Waals surface area contributed by atoms with Crippen molar-refractivity contribution in [1.29, 1.82) is 0 Å². The van der Waals surface area contributed by atoms with Gasteiger partial charge in [-0.05, 0) is 19.9 Å². The van der Waals surface area contributed by atoms with E-state index in [1.165, 1.54) is 7.05 Å². The predicted octanol–water partition coefficient (Wildman–Crippen LogP) is -0.0785. The number of piperidine rings is 1. The van der Waals surface area contributed by atoms with Crippen LogP contribution in [-0.4, -0.2) is 49.9 Å². The molecule has 0 bridgehead atoms. The number of hydrogen-bond acceptors (Lipinski definition) is 3. The van der Waals surface area contributed by atoms with Gasteiger partial charge < -0.3 is 4.90 Å². The second kappa shape index (κ2) is 5.27. The van der Waals surface area contributed by atoms with Crippen molar-refractivity contribution in [2.24, 2.45) is 0 Å². The molecule has 1 fully saturated rings. The summed E-state index contributed by atoms with van der Waals surface area (Å²) >= 11 is 3.28. The van der Waals surface area contributed by atoms with Crippen molar-refractivity contribution in [3.05, 3.63) is 0 Å². The maximum atomic E-state index is 11.6. The highest BCUT2D eigenvalue weighted by molar-refractivity contribution is 9.10. The van der Waals surface area contributed by atoms with E-state index in [0.717, 1.165) is 12.8 Å². The maximum Gasteiger partial charge on any atom is 0.236 e. The number of nitrogens with zero attached hydrogens (tertiary/aromatic N) is 1. The average molecular weight is 299 g/mol. The van der Waals surface area contributed by atoms with Gasteiger partial charge in [0.25, 0.3) is 0 Å². The lowest BCUT2D eigenvalue weighted by atomic mass is 10.1. The Bertz CT molecular complexity index is 331. The number of hydrogen-bond donors (Lipinski definition) is 1. The van der Waals surface area contributed by atoms with Crippen LogP contribution in [0, 0.1) is 0 Å². The van der Waals surface area contributed by atoms with Crippen molar-refractivity contribution in [3.63, 3.8) is 0 Å². The Morgan fingerprint density at radius 1 is 1.60 bits per heavy atom. The molecule has 1 rings (SSSR count). The normalized spacial score (nSPS) is 23.2. The number of rotatable bonds is 4. The highest BCUT2D eigenvalue weighted by Crippen LogP contribution is 2.17. The molecule has 1 aliphatic heterocycles. The van der Waals surface area contributed by atoms with E-state index in [2.05, 4.69) is 20.7 Å². The molecule has 5 nitrogen and oxygen atoms in total. The van der Waals surface area contributed by atoms with E-state index in [1.54, 1.807) is 4.90 Å². The molecule has 0 aromatic rings. The first-order valence-corrected chi connectivity index (χ1v) is 7.37. The minimum atomic E-state index is -3.22. The molecule has 1 N–H and O–H groups in total. The molecule has 0 radical (unpaired) electrons. The molecule has 0 spiro atoms. The molecule has 0 aromatic carbocycles. The van der Waals surface area contributed by atoms with Gasteiger partial charge in [0.2, 0.25) is 15.9 Å². The topological polar surface area (TPSA) is 66.5 Å². The average Bonchev–Trinajstić information content (AvgIpc) is 2.20. The van der Waals surface area contributed by atoms with Crippen molar-refractivity contribution in [2.75, 3.05) is 25.9 Å². The molecule has 88 valence electrons. The summed E-state index contributed by atoms with van der Waals surface area (Å²) in [6, 6.07) is 0. The van der Waals surface area contributed by atoms with E-state index in [-0.39, 0.29) is 23.0 Å². The molecule has 1 atom stereocenters. The molecule has 7 heteroatoms. The third kappa shape index (κ3) is 3.73. The van der Waals surface area contributed by atoms with Crippen LogP contribution in [0.25, 0.3) is 0 Å². The largest absolute Gasteiger partial charge is 0.341 e. The molecule has 1 amide bonds. The summed E-state index contributed by atoms with van der Waals surface area (Å²) in [7, 11) is -1.84. The van der Waals surface area contributed by atoms with Crippen molar-refractivity contribution < 1.29 is 13.2 Å². The zero-order valence-corrected chi connectivity index (χ0v) is 11.0. The van der Waals surface area contributed by atoms with Gasteiger partial charge in [-0.1, -0.05) is 15.9 Å². The Morgan fingerprint density at radius 3 is 2.87 bits per heavy atom. The van der Waals surface area contributed by atoms with E-state index in [4.69, 9.17) is 0 Å². The molecule has 1 aliphatic rings. The van der Waals surface area contributed by atoms with Gasteiger partial charge in [-0.2, -0.15) is 0 Å². The Balaban J connectivity index is 2.48. The summed E-state index contributed by atoms with van der Waals surface area (Å²) in [6.45, 7) is 0.921. The number of carbonyl (C=O) groups excluding carboxylic acids is 1. The molecule has 1 unspecified atom stereocenters. The van der Waals surface area contributed by atoms with Crippen LogP contribution in [0.2, 0.25) is 0 Å². The molecule has 0 aliphatic carbocycles. The Kier molecular flexibility index (Phi) is 4.54. The molecule has 1 saturated heterocycles. The minimum absolute atomic E-state index is 0.00690. The smallest absolute Gasteiger partial charge is 0.236 e. The number of alkyl halides is 1. The third-order valence-electron chi connectivity index (χ3n) is 2.41. The van der Waals surface area contributed by atoms with E-state index >= 15 is 0 Å². The highest BCUT2D eigenvalue weighted by atomic mass is 79.9. The van der Waals surface area contributed by atoms with Crippen molar-refractivity contribution >= 4 is 31.9 Å². The van der Waals surface area contributed by atoms with Crippen LogP contribution in [-0.2, 0) is 14.8 Å². The first kappa shape index (κ1) is 12.9. The number of sulfonamides is 1. The fourth-order valence-electron chi connectivity index (χ4n) is 1.45. The fraction of sp³-hybridized carbons (Fsp3) is 0.875. The van der Waals surface area contributed by atoms with Gasteiger partial charge in [-0.3, -0.25) is 4.79 Å². The van der Waals surface area contributed by atoms with Gasteiger partial charge in [0, 0.05) is 13.1 Å². The van der Waals surface area contributed by atoms with E-state index in [9.17, 15) is 13.2 Å². The van der Waals surface area contributed by atoms with Gasteiger partial charge in [0.05, 0.1) is 10.6 Å². The number of carbonyl (C=O) groups is 1. The summed E-state index contributed by atoms with van der Waals surface area (Å²) in [5.41, 5.74) is 0. The Labute approximate surface area is 98.4 Å². The molecule has 1 heterocycles. The van der Waals surface area contributed by atoms with Gasteiger partial charge in [0.1, 0.15) is 0 Å². The van der Waals surface area contributed by atoms with E-state index < -0.39 is 10.0 Å². The van der Waals surface area contributed by atoms with Gasteiger partial charge in [-0.25, -0.2) is 13.1 Å². The van der Waals surface area contributed by atoms with Crippen LogP contribution in [0.3, 0.4) is 0 Å². The first-order chi connectivity index (χ1) is 6.96. The fourth-order valence-corrected chi connectivity index (χ4v) is 2.73. The zero-order valence-electron chi connectivity index (χ0n) is 8.57. The van der Waals surface area contributed by atoms with Crippen molar-refractivity contribution in [2.45, 2.75) is 17.7 Å². The summed E-state index contributed by atoms with van der Waals surface area (Å²) in [5.74, 6) is -0.0397. The Morgan fingerprint density at radius 2 is 2.27 bits per heavy atom. The van der Waals surface area contributed by atoms with Crippen molar-refractivity contribution in [1.82, 2.24) is 9.62 Å². The summed E-state index contributed by atoms with van der Waals surface area (Å²) in [6.07, 6.45) is 1.75.